The summed E-state index contributed by atoms with van der Waals surface area (Å²) in [5.74, 6) is -2.12. The zero-order valence-corrected chi connectivity index (χ0v) is 28.5. The van der Waals surface area contributed by atoms with E-state index in [9.17, 15) is 29.3 Å². The SMILES string of the molecule is Cc1ccc(NC(=O)COc2ccc(Br)cc2[C@@H]2c3sc(=O)[nH]c3S[C@@H]3[C@@H]4C[C@@H]([C@@H]5C(=O)N(c6ccc([N+](=O)[O-])cc6)C(=O)[C@@H]45)[C@H]23)cc1. The predicted octanol–water partition coefficient (Wildman–Crippen LogP) is 6.11. The quantitative estimate of drug-likeness (QED) is 0.131. The van der Waals surface area contributed by atoms with Crippen molar-refractivity contribution in [3.8, 4) is 5.75 Å². The van der Waals surface area contributed by atoms with E-state index < -0.39 is 16.8 Å². The number of halogens is 1. The van der Waals surface area contributed by atoms with E-state index >= 15 is 0 Å². The molecular weight excluding hydrogens is 720 g/mol. The molecule has 2 aliphatic carbocycles. The molecule has 3 aromatic carbocycles. The van der Waals surface area contributed by atoms with Crippen molar-refractivity contribution in [2.24, 2.45) is 29.6 Å². The Morgan fingerprint density at radius 2 is 1.75 bits per heavy atom. The second kappa shape index (κ2) is 11.7. The number of aromatic nitrogens is 1. The van der Waals surface area contributed by atoms with E-state index in [-0.39, 0.29) is 63.8 Å². The molecule has 4 aromatic rings. The fourth-order valence-corrected chi connectivity index (χ4v) is 11.5. The van der Waals surface area contributed by atoms with Crippen LogP contribution in [-0.4, -0.2) is 39.5 Å². The molecule has 2 bridgehead atoms. The van der Waals surface area contributed by atoms with Gasteiger partial charge in [-0.1, -0.05) is 45.0 Å². The number of thioether (sulfide) groups is 1. The van der Waals surface area contributed by atoms with Crippen LogP contribution in [0.5, 0.6) is 5.75 Å². The number of nitro benzene ring substituents is 1. The molecule has 0 radical (unpaired) electrons. The van der Waals surface area contributed by atoms with E-state index in [2.05, 4.69) is 26.2 Å². The molecule has 4 aliphatic rings. The average Bonchev–Trinajstić information content (AvgIpc) is 3.80. The van der Waals surface area contributed by atoms with Crippen molar-refractivity contribution in [3.63, 3.8) is 0 Å². The van der Waals surface area contributed by atoms with E-state index in [0.29, 0.717) is 23.5 Å². The van der Waals surface area contributed by atoms with Crippen LogP contribution in [0.25, 0.3) is 0 Å². The van der Waals surface area contributed by atoms with Crippen LogP contribution in [0, 0.1) is 46.6 Å². The van der Waals surface area contributed by atoms with E-state index in [0.717, 1.165) is 36.8 Å². The summed E-state index contributed by atoms with van der Waals surface area (Å²) in [6.45, 7) is 1.73. The number of imide groups is 1. The number of ether oxygens (including phenoxy) is 1. The Morgan fingerprint density at radius 1 is 1.04 bits per heavy atom. The number of fused-ring (bicyclic) bond motifs is 9. The first kappa shape index (κ1) is 31.0. The molecule has 11 nitrogen and oxygen atoms in total. The second-order valence-electron chi connectivity index (χ2n) is 12.6. The number of aryl methyl sites for hydroxylation is 1. The van der Waals surface area contributed by atoms with E-state index in [1.165, 1.54) is 29.2 Å². The van der Waals surface area contributed by atoms with Crippen LogP contribution in [0.1, 0.15) is 28.3 Å². The molecule has 0 unspecified atom stereocenters. The first-order valence-corrected chi connectivity index (χ1v) is 17.9. The van der Waals surface area contributed by atoms with Crippen molar-refractivity contribution in [3.05, 3.63) is 107 Å². The summed E-state index contributed by atoms with van der Waals surface area (Å²) in [5.41, 5.74) is 2.74. The first-order chi connectivity index (χ1) is 23.1. The molecule has 1 aromatic heterocycles. The minimum Gasteiger partial charge on any atom is -0.483 e. The highest BCUT2D eigenvalue weighted by Gasteiger charge is 2.70. The van der Waals surface area contributed by atoms with Gasteiger partial charge >= 0.3 is 4.87 Å². The third kappa shape index (κ3) is 4.99. The van der Waals surface area contributed by atoms with Gasteiger partial charge in [0.2, 0.25) is 11.8 Å². The number of thiazole rings is 1. The lowest BCUT2D eigenvalue weighted by Crippen LogP contribution is -2.42. The molecular formula is C34H27BrN4O7S2. The highest BCUT2D eigenvalue weighted by atomic mass is 79.9. The van der Waals surface area contributed by atoms with Gasteiger partial charge in [0, 0.05) is 43.9 Å². The number of anilines is 2. The maximum atomic E-state index is 14.1. The number of hydrogen-bond acceptors (Lipinski definition) is 9. The van der Waals surface area contributed by atoms with Gasteiger partial charge in [0.05, 0.1) is 27.5 Å². The number of nitro groups is 1. The van der Waals surface area contributed by atoms with Crippen molar-refractivity contribution < 1.29 is 24.0 Å². The summed E-state index contributed by atoms with van der Waals surface area (Å²) in [4.78, 5) is 69.2. The molecule has 3 amide bonds. The third-order valence-electron chi connectivity index (χ3n) is 10.0. The number of nitrogens with zero attached hydrogens (tertiary/aromatic N) is 2. The van der Waals surface area contributed by atoms with Gasteiger partial charge in [-0.15, -0.1) is 11.8 Å². The Hall–Kier alpha value is -4.27. The van der Waals surface area contributed by atoms with Crippen LogP contribution < -0.4 is 19.8 Å². The summed E-state index contributed by atoms with van der Waals surface area (Å²) >= 11 is 6.32. The topological polar surface area (TPSA) is 152 Å². The zero-order valence-electron chi connectivity index (χ0n) is 25.3. The number of non-ortho nitro benzene ring substituents is 1. The van der Waals surface area contributed by atoms with E-state index in [1.54, 1.807) is 17.8 Å². The zero-order chi connectivity index (χ0) is 33.4. The van der Waals surface area contributed by atoms with Crippen LogP contribution in [-0.2, 0) is 14.4 Å². The fraction of sp³-hybridized carbons (Fsp3) is 0.294. The minimum atomic E-state index is -0.545. The number of aromatic amines is 1. The van der Waals surface area contributed by atoms with Crippen molar-refractivity contribution in [2.75, 3.05) is 16.8 Å². The minimum absolute atomic E-state index is 0.0516. The van der Waals surface area contributed by atoms with Gasteiger partial charge in [0.15, 0.2) is 6.61 Å². The molecule has 1 saturated heterocycles. The molecule has 48 heavy (non-hydrogen) atoms. The summed E-state index contributed by atoms with van der Waals surface area (Å²) < 4.78 is 6.98. The maximum Gasteiger partial charge on any atom is 0.305 e. The van der Waals surface area contributed by atoms with Gasteiger partial charge in [0.25, 0.3) is 11.6 Å². The van der Waals surface area contributed by atoms with Crippen molar-refractivity contribution in [2.45, 2.75) is 29.5 Å². The lowest BCUT2D eigenvalue weighted by molar-refractivity contribution is -0.384. The molecule has 2 N–H and O–H groups in total. The van der Waals surface area contributed by atoms with E-state index in [4.69, 9.17) is 4.74 Å². The molecule has 244 valence electrons. The Kier molecular flexibility index (Phi) is 7.57. The number of hydrogen-bond donors (Lipinski definition) is 2. The molecule has 8 rings (SSSR count). The number of carbonyl (C=O) groups excluding carboxylic acids is 3. The fourth-order valence-electron chi connectivity index (χ4n) is 8.21. The van der Waals surface area contributed by atoms with Crippen molar-refractivity contribution in [1.82, 2.24) is 4.98 Å². The smallest absolute Gasteiger partial charge is 0.305 e. The van der Waals surface area contributed by atoms with Gasteiger partial charge in [-0.05, 0) is 73.6 Å². The summed E-state index contributed by atoms with van der Waals surface area (Å²) in [7, 11) is 0. The Bertz CT molecular complexity index is 2060. The maximum absolute atomic E-state index is 14.1. The molecule has 7 atom stereocenters. The Balaban J connectivity index is 1.13. The highest BCUT2D eigenvalue weighted by molar-refractivity contribution is 9.10. The summed E-state index contributed by atoms with van der Waals surface area (Å²) in [6, 6.07) is 18.6. The van der Waals surface area contributed by atoms with Crippen LogP contribution >= 0.6 is 39.0 Å². The Labute approximate surface area is 290 Å². The second-order valence-corrected chi connectivity index (χ2v) is 15.7. The standard InChI is InChI=1S/C34H27BrN4O7S2/c1-15-2-5-17(6-3-15)36-24(40)14-46-23-11-4-16(35)12-20(23)25-26-21-13-22(29(26)47-31-30(25)48-34(43)37-31)28-27(21)32(41)38(33(28)42)18-7-9-19(10-8-18)39(44)45/h2-12,21-22,25-29H,13-14H2,1H3,(H,36,40)(H,37,43)/t21-,22-,25+,26-,27+,28+,29-/m1/s1. The first-order valence-electron chi connectivity index (χ1n) is 15.4. The average molecular weight is 748 g/mol. The van der Waals surface area contributed by atoms with Crippen molar-refractivity contribution >= 4 is 73.8 Å². The van der Waals surface area contributed by atoms with Crippen LogP contribution in [0.2, 0.25) is 0 Å². The monoisotopic (exact) mass is 746 g/mol. The Morgan fingerprint density at radius 3 is 2.46 bits per heavy atom. The van der Waals surface area contributed by atoms with Gasteiger partial charge in [-0.2, -0.15) is 0 Å². The van der Waals surface area contributed by atoms with Gasteiger partial charge < -0.3 is 15.0 Å². The number of benzene rings is 3. The van der Waals surface area contributed by atoms with Gasteiger partial charge in [0.1, 0.15) is 5.75 Å². The van der Waals surface area contributed by atoms with Crippen LogP contribution in [0.15, 0.2) is 81.0 Å². The number of carbonyl (C=O) groups is 3. The summed E-state index contributed by atoms with van der Waals surface area (Å²) in [5, 5.41) is 14.8. The molecule has 14 heteroatoms. The number of H-pyrrole nitrogens is 1. The normalized spacial score (nSPS) is 26.6. The lowest BCUT2D eigenvalue weighted by atomic mass is 9.68. The number of rotatable bonds is 7. The summed E-state index contributed by atoms with van der Waals surface area (Å²) in [6.07, 6.45) is 0.696. The lowest BCUT2D eigenvalue weighted by Gasteiger charge is -2.43. The highest BCUT2D eigenvalue weighted by Crippen LogP contribution is 2.69. The molecule has 3 heterocycles. The third-order valence-corrected chi connectivity index (χ3v) is 13.1. The van der Waals surface area contributed by atoms with Crippen LogP contribution in [0.4, 0.5) is 17.1 Å². The van der Waals surface area contributed by atoms with Gasteiger partial charge in [-0.3, -0.25) is 34.2 Å². The molecule has 2 aliphatic heterocycles. The van der Waals surface area contributed by atoms with Crippen molar-refractivity contribution in [1.29, 1.82) is 0 Å². The number of nitrogens with one attached hydrogen (secondary N) is 2. The van der Waals surface area contributed by atoms with Crippen LogP contribution in [0.3, 0.4) is 0 Å². The van der Waals surface area contributed by atoms with Gasteiger partial charge in [-0.25, -0.2) is 0 Å². The molecule has 3 fully saturated rings. The predicted molar refractivity (Wildman–Crippen MR) is 184 cm³/mol. The van der Waals surface area contributed by atoms with E-state index in [1.807, 2.05) is 43.3 Å². The largest absolute Gasteiger partial charge is 0.483 e. The molecule has 0 spiro atoms. The molecule has 2 saturated carbocycles. The number of amides is 3.